The molecule has 2 fully saturated rings. The number of anilines is 2. The Kier molecular flexibility index (Phi) is 11.8. The number of likely N-dealkylation sites (tertiary alicyclic amines) is 1. The lowest BCUT2D eigenvalue weighted by molar-refractivity contribution is 0.314. The zero-order valence-electron chi connectivity index (χ0n) is 26.8. The summed E-state index contributed by atoms with van der Waals surface area (Å²) < 4.78 is 27.8. The minimum atomic E-state index is -3.21. The topological polar surface area (TPSA) is 90.8 Å². The van der Waals surface area contributed by atoms with E-state index in [9.17, 15) is 8.42 Å². The van der Waals surface area contributed by atoms with Crippen LogP contribution >= 0.6 is 11.6 Å². The van der Waals surface area contributed by atoms with E-state index >= 15 is 0 Å². The summed E-state index contributed by atoms with van der Waals surface area (Å²) in [6.45, 7) is 14.7. The van der Waals surface area contributed by atoms with Crippen LogP contribution in [-0.2, 0) is 10.0 Å². The number of hydrogen-bond donors (Lipinski definition) is 1. The second-order valence-corrected chi connectivity index (χ2v) is 14.8. The van der Waals surface area contributed by atoms with E-state index in [-0.39, 0.29) is 11.7 Å². The molecule has 1 atom stereocenters. The maximum Gasteiger partial charge on any atom is 0.227 e. The van der Waals surface area contributed by atoms with Crippen LogP contribution in [0, 0.1) is 13.8 Å². The molecule has 1 N–H and O–H groups in total. The first-order valence-electron chi connectivity index (χ1n) is 15.7. The van der Waals surface area contributed by atoms with Gasteiger partial charge in [0.15, 0.2) is 0 Å². The first-order valence-corrected chi connectivity index (χ1v) is 17.7. The Balaban J connectivity index is 1.42. The van der Waals surface area contributed by atoms with Crippen LogP contribution in [0.2, 0.25) is 5.02 Å². The summed E-state index contributed by atoms with van der Waals surface area (Å²) in [4.78, 5) is 16.2. The summed E-state index contributed by atoms with van der Waals surface area (Å²) in [6.07, 6.45) is 9.43. The fraction of sp³-hybridized carbons (Fsp3) is 0.606. The SMILES string of the molecule is CCC(C(C=C(C)C)=NC)c1nc(Nc2cc(C)c(C3CCN(S(=O)(=O)CCCN4CCCC4)CC3)cc2C)ncc1Cl. The number of benzene rings is 1. The van der Waals surface area contributed by atoms with E-state index in [4.69, 9.17) is 16.6 Å². The van der Waals surface area contributed by atoms with E-state index in [2.05, 4.69) is 73.0 Å². The third-order valence-corrected chi connectivity index (χ3v) is 11.0. The number of hydrogen-bond acceptors (Lipinski definition) is 7. The first-order chi connectivity index (χ1) is 20.5. The third-order valence-electron chi connectivity index (χ3n) is 8.78. The van der Waals surface area contributed by atoms with Gasteiger partial charge in [-0.3, -0.25) is 4.99 Å². The van der Waals surface area contributed by atoms with Gasteiger partial charge >= 0.3 is 0 Å². The Morgan fingerprint density at radius 3 is 2.47 bits per heavy atom. The van der Waals surface area contributed by atoms with Crippen molar-refractivity contribution in [3.8, 4) is 0 Å². The van der Waals surface area contributed by atoms with Gasteiger partial charge in [-0.25, -0.2) is 22.7 Å². The lowest BCUT2D eigenvalue weighted by atomic mass is 9.86. The average Bonchev–Trinajstić information content (AvgIpc) is 3.49. The summed E-state index contributed by atoms with van der Waals surface area (Å²) in [5.74, 6) is 1.07. The summed E-state index contributed by atoms with van der Waals surface area (Å²) in [5, 5.41) is 3.96. The molecule has 0 radical (unpaired) electrons. The van der Waals surface area contributed by atoms with E-state index in [0.717, 1.165) is 68.0 Å². The minimum absolute atomic E-state index is 0.0269. The first kappa shape index (κ1) is 33.6. The molecule has 0 aliphatic carbocycles. The second-order valence-electron chi connectivity index (χ2n) is 12.3. The van der Waals surface area contributed by atoms with Gasteiger partial charge in [-0.1, -0.05) is 30.2 Å². The molecule has 3 heterocycles. The number of nitrogens with one attached hydrogen (secondary N) is 1. The zero-order chi connectivity index (χ0) is 31.1. The van der Waals surface area contributed by atoms with Gasteiger partial charge in [0.25, 0.3) is 0 Å². The number of aliphatic imine (C=N–C) groups is 1. The number of aromatic nitrogens is 2. The molecule has 1 aromatic carbocycles. The molecule has 0 spiro atoms. The van der Waals surface area contributed by atoms with E-state index in [1.807, 2.05) is 0 Å². The molecule has 2 aliphatic rings. The predicted octanol–water partition coefficient (Wildman–Crippen LogP) is 7.02. The van der Waals surface area contributed by atoms with Crippen molar-refractivity contribution >= 4 is 39.0 Å². The average molecular weight is 629 g/mol. The van der Waals surface area contributed by atoms with Crippen LogP contribution in [0.4, 0.5) is 11.6 Å². The Morgan fingerprint density at radius 1 is 1.14 bits per heavy atom. The van der Waals surface area contributed by atoms with Gasteiger partial charge in [0.05, 0.1) is 22.7 Å². The van der Waals surface area contributed by atoms with Gasteiger partial charge in [0.2, 0.25) is 16.0 Å². The highest BCUT2D eigenvalue weighted by atomic mass is 35.5. The maximum absolute atomic E-state index is 13.0. The van der Waals surface area contributed by atoms with Crippen molar-refractivity contribution in [2.75, 3.05) is 50.8 Å². The monoisotopic (exact) mass is 628 g/mol. The molecule has 2 aliphatic heterocycles. The number of sulfonamides is 1. The second kappa shape index (κ2) is 15.1. The number of nitrogens with zero attached hydrogens (tertiary/aromatic N) is 5. The van der Waals surface area contributed by atoms with Crippen molar-refractivity contribution in [3.05, 3.63) is 57.4 Å². The van der Waals surface area contributed by atoms with Crippen LogP contribution in [0.25, 0.3) is 0 Å². The quantitative estimate of drug-likeness (QED) is 0.254. The lowest BCUT2D eigenvalue weighted by Crippen LogP contribution is -2.39. The zero-order valence-corrected chi connectivity index (χ0v) is 28.4. The Bertz CT molecular complexity index is 1420. The Morgan fingerprint density at radius 2 is 1.84 bits per heavy atom. The molecule has 4 rings (SSSR count). The van der Waals surface area contributed by atoms with E-state index in [1.54, 1.807) is 17.5 Å². The normalized spacial score (nSPS) is 18.2. The van der Waals surface area contributed by atoms with Crippen molar-refractivity contribution in [2.45, 2.75) is 85.0 Å². The molecule has 1 unspecified atom stereocenters. The number of aryl methyl sites for hydroxylation is 2. The highest BCUT2D eigenvalue weighted by Gasteiger charge is 2.29. The van der Waals surface area contributed by atoms with Crippen LogP contribution in [0.3, 0.4) is 0 Å². The summed E-state index contributed by atoms with van der Waals surface area (Å²) in [5.41, 5.74) is 7.43. The largest absolute Gasteiger partial charge is 0.324 e. The highest BCUT2D eigenvalue weighted by Crippen LogP contribution is 2.35. The fourth-order valence-electron chi connectivity index (χ4n) is 6.43. The van der Waals surface area contributed by atoms with Gasteiger partial charge in [0, 0.05) is 37.5 Å². The molecular weight excluding hydrogens is 580 g/mol. The van der Waals surface area contributed by atoms with E-state index < -0.39 is 10.0 Å². The van der Waals surface area contributed by atoms with Crippen molar-refractivity contribution in [1.29, 1.82) is 0 Å². The molecular formula is C33H49ClN6O2S. The van der Waals surface area contributed by atoms with Crippen LogP contribution in [0.15, 0.2) is 35.0 Å². The van der Waals surface area contributed by atoms with Gasteiger partial charge in [-0.05, 0) is 121 Å². The molecule has 10 heteroatoms. The third kappa shape index (κ3) is 8.65. The number of rotatable bonds is 12. The molecule has 43 heavy (non-hydrogen) atoms. The molecule has 0 saturated carbocycles. The molecule has 8 nitrogen and oxygen atoms in total. The van der Waals surface area contributed by atoms with Crippen molar-refractivity contribution < 1.29 is 8.42 Å². The summed E-state index contributed by atoms with van der Waals surface area (Å²) in [6, 6.07) is 4.40. The van der Waals surface area contributed by atoms with Crippen LogP contribution < -0.4 is 5.32 Å². The fourth-order valence-corrected chi connectivity index (χ4v) is 8.17. The lowest BCUT2D eigenvalue weighted by Gasteiger charge is -2.32. The van der Waals surface area contributed by atoms with Crippen molar-refractivity contribution in [3.63, 3.8) is 0 Å². The van der Waals surface area contributed by atoms with Crippen molar-refractivity contribution in [2.24, 2.45) is 4.99 Å². The van der Waals surface area contributed by atoms with Crippen molar-refractivity contribution in [1.82, 2.24) is 19.2 Å². The number of halogens is 1. The summed E-state index contributed by atoms with van der Waals surface area (Å²) in [7, 11) is -1.40. The van der Waals surface area contributed by atoms with Crippen LogP contribution in [0.1, 0.15) is 93.5 Å². The Hall–Kier alpha value is -2.33. The highest BCUT2D eigenvalue weighted by molar-refractivity contribution is 7.89. The number of piperidine rings is 1. The smallest absolute Gasteiger partial charge is 0.227 e. The molecule has 1 aromatic heterocycles. The van der Waals surface area contributed by atoms with E-state index in [1.165, 1.54) is 29.5 Å². The van der Waals surface area contributed by atoms with Gasteiger partial charge < -0.3 is 10.2 Å². The minimum Gasteiger partial charge on any atom is -0.324 e. The van der Waals surface area contributed by atoms with Gasteiger partial charge in [-0.15, -0.1) is 0 Å². The molecule has 2 saturated heterocycles. The molecule has 0 bridgehead atoms. The number of allylic oxidation sites excluding steroid dienone is 2. The molecule has 236 valence electrons. The molecule has 2 aromatic rings. The van der Waals surface area contributed by atoms with Gasteiger partial charge in [0.1, 0.15) is 0 Å². The summed E-state index contributed by atoms with van der Waals surface area (Å²) >= 11 is 6.59. The van der Waals surface area contributed by atoms with Crippen LogP contribution in [0.5, 0.6) is 0 Å². The maximum atomic E-state index is 13.0. The van der Waals surface area contributed by atoms with Gasteiger partial charge in [-0.2, -0.15) is 0 Å². The standard InChI is InChI=1S/C33H49ClN6O2S/c1-7-27(31(35-6)19-23(2)3)32-29(34)22-36-33(38-32)37-30-21-24(4)28(20-25(30)5)26-11-16-40(17-12-26)43(41,42)18-10-15-39-13-8-9-14-39/h19-22,26-27H,7-18H2,1-6H3,(H,36,37,38). The predicted molar refractivity (Wildman–Crippen MR) is 180 cm³/mol. The Labute approximate surface area is 264 Å². The molecule has 0 amide bonds. The van der Waals surface area contributed by atoms with Crippen LogP contribution in [-0.4, -0.2) is 78.8 Å². The van der Waals surface area contributed by atoms with E-state index in [0.29, 0.717) is 30.0 Å².